The topological polar surface area (TPSA) is 69.4 Å². The van der Waals surface area contributed by atoms with Crippen molar-refractivity contribution in [2.75, 3.05) is 13.7 Å². The molecule has 0 aliphatic heterocycles. The molecule has 0 bridgehead atoms. The first-order valence-electron chi connectivity index (χ1n) is 7.45. The molecule has 0 aliphatic carbocycles. The van der Waals surface area contributed by atoms with Gasteiger partial charge >= 0.3 is 0 Å². The molecule has 2 aromatic carbocycles. The summed E-state index contributed by atoms with van der Waals surface area (Å²) in [5.41, 5.74) is 1.31. The van der Waals surface area contributed by atoms with Crippen LogP contribution in [0, 0.1) is 0 Å². The van der Waals surface area contributed by atoms with Gasteiger partial charge in [-0.2, -0.15) is 0 Å². The van der Waals surface area contributed by atoms with Crippen LogP contribution in [-0.2, 0) is 24.5 Å². The molecule has 0 amide bonds. The highest BCUT2D eigenvalue weighted by atomic mass is 16.5. The minimum Gasteiger partial charge on any atom is -0.491 e. The summed E-state index contributed by atoms with van der Waals surface area (Å²) < 4.78 is 12.8. The van der Waals surface area contributed by atoms with E-state index >= 15 is 0 Å². The zero-order valence-electron chi connectivity index (χ0n) is 13.0. The van der Waals surface area contributed by atoms with Gasteiger partial charge in [-0.3, -0.25) is 0 Å². The molecule has 6 heteroatoms. The van der Waals surface area contributed by atoms with E-state index in [1.54, 1.807) is 11.8 Å². The van der Waals surface area contributed by atoms with Crippen LogP contribution >= 0.6 is 0 Å². The van der Waals surface area contributed by atoms with Crippen LogP contribution in [0.2, 0.25) is 0 Å². The monoisotopic (exact) mass is 313 g/mol. The van der Waals surface area contributed by atoms with Crippen molar-refractivity contribution in [3.63, 3.8) is 0 Å². The third kappa shape index (κ3) is 3.33. The number of aliphatic hydroxyl groups excluding tert-OH is 1. The lowest BCUT2D eigenvalue weighted by Crippen LogP contribution is -2.13. The molecule has 6 nitrogen and oxygen atoms in total. The minimum absolute atomic E-state index is 0.150. The fraction of sp³-hybridized carbons (Fsp3) is 0.294. The molecule has 0 radical (unpaired) electrons. The van der Waals surface area contributed by atoms with Gasteiger partial charge in [0.25, 0.3) is 0 Å². The number of aromatic nitrogens is 3. The van der Waals surface area contributed by atoms with E-state index in [-0.39, 0.29) is 6.61 Å². The summed E-state index contributed by atoms with van der Waals surface area (Å²) >= 11 is 0. The number of fused-ring (bicyclic) bond motifs is 1. The molecular weight excluding hydrogens is 294 g/mol. The van der Waals surface area contributed by atoms with Crippen LogP contribution in [0.1, 0.15) is 11.4 Å². The van der Waals surface area contributed by atoms with Crippen LogP contribution in [0.3, 0.4) is 0 Å². The molecule has 1 N–H and O–H groups in total. The lowest BCUT2D eigenvalue weighted by molar-refractivity contribution is 0.170. The smallest absolute Gasteiger partial charge is 0.127 e. The highest BCUT2D eigenvalue weighted by molar-refractivity contribution is 5.88. The summed E-state index contributed by atoms with van der Waals surface area (Å²) in [7, 11) is 1.60. The van der Waals surface area contributed by atoms with Crippen molar-refractivity contribution in [2.24, 2.45) is 0 Å². The van der Waals surface area contributed by atoms with Gasteiger partial charge in [0.05, 0.1) is 25.5 Å². The molecule has 0 unspecified atom stereocenters. The van der Waals surface area contributed by atoms with E-state index in [2.05, 4.69) is 22.4 Å². The number of methoxy groups -OCH3 is 1. The van der Waals surface area contributed by atoms with Crippen molar-refractivity contribution in [1.82, 2.24) is 15.0 Å². The number of nitrogens with zero attached hydrogens (tertiary/aromatic N) is 3. The SMILES string of the molecule is COCc1c(CO)nnn1CCOc1cccc2ccccc12. The predicted molar refractivity (Wildman–Crippen MR) is 86.1 cm³/mol. The van der Waals surface area contributed by atoms with E-state index in [9.17, 15) is 5.11 Å². The average molecular weight is 313 g/mol. The second-order valence-electron chi connectivity index (χ2n) is 5.12. The first-order valence-corrected chi connectivity index (χ1v) is 7.45. The molecule has 0 saturated heterocycles. The van der Waals surface area contributed by atoms with Crippen molar-refractivity contribution in [3.8, 4) is 5.75 Å². The standard InChI is InChI=1S/C17H19N3O3/c1-22-12-16-15(11-21)18-19-20(16)9-10-23-17-8-4-6-13-5-2-3-7-14(13)17/h2-8,21H,9-12H2,1H3. The molecule has 0 aliphatic rings. The maximum atomic E-state index is 9.28. The molecule has 0 spiro atoms. The largest absolute Gasteiger partial charge is 0.491 e. The van der Waals surface area contributed by atoms with Crippen molar-refractivity contribution >= 4 is 10.8 Å². The lowest BCUT2D eigenvalue weighted by Gasteiger charge is -2.10. The fourth-order valence-electron chi connectivity index (χ4n) is 2.53. The molecule has 0 saturated carbocycles. The Morgan fingerprint density at radius 2 is 1.96 bits per heavy atom. The Morgan fingerprint density at radius 1 is 1.13 bits per heavy atom. The second-order valence-corrected chi connectivity index (χ2v) is 5.12. The third-order valence-electron chi connectivity index (χ3n) is 3.66. The summed E-state index contributed by atoms with van der Waals surface area (Å²) in [6.07, 6.45) is 0. The van der Waals surface area contributed by atoms with Gasteiger partial charge in [-0.15, -0.1) is 5.10 Å². The van der Waals surface area contributed by atoms with E-state index in [0.29, 0.717) is 25.5 Å². The highest BCUT2D eigenvalue weighted by Crippen LogP contribution is 2.25. The van der Waals surface area contributed by atoms with Crippen LogP contribution in [0.4, 0.5) is 0 Å². The maximum Gasteiger partial charge on any atom is 0.127 e. The van der Waals surface area contributed by atoms with Gasteiger partial charge < -0.3 is 14.6 Å². The minimum atomic E-state index is -0.150. The Balaban J connectivity index is 1.71. The van der Waals surface area contributed by atoms with Gasteiger partial charge in [0.2, 0.25) is 0 Å². The molecular formula is C17H19N3O3. The van der Waals surface area contributed by atoms with E-state index in [1.165, 1.54) is 0 Å². The summed E-state index contributed by atoms with van der Waals surface area (Å²) in [4.78, 5) is 0. The fourth-order valence-corrected chi connectivity index (χ4v) is 2.53. The van der Waals surface area contributed by atoms with E-state index in [4.69, 9.17) is 9.47 Å². The summed E-state index contributed by atoms with van der Waals surface area (Å²) in [5.74, 6) is 0.846. The van der Waals surface area contributed by atoms with Gasteiger partial charge in [-0.1, -0.05) is 41.6 Å². The van der Waals surface area contributed by atoms with Crippen LogP contribution < -0.4 is 4.74 Å². The van der Waals surface area contributed by atoms with Crippen molar-refractivity contribution in [2.45, 2.75) is 19.8 Å². The zero-order chi connectivity index (χ0) is 16.1. The maximum absolute atomic E-state index is 9.28. The zero-order valence-corrected chi connectivity index (χ0v) is 13.0. The number of benzene rings is 2. The van der Waals surface area contributed by atoms with E-state index in [1.807, 2.05) is 30.3 Å². The average Bonchev–Trinajstić information content (AvgIpc) is 2.97. The van der Waals surface area contributed by atoms with Gasteiger partial charge in [0.15, 0.2) is 0 Å². The Morgan fingerprint density at radius 3 is 2.78 bits per heavy atom. The van der Waals surface area contributed by atoms with Crippen LogP contribution in [0.5, 0.6) is 5.75 Å². The molecule has 3 rings (SSSR count). The van der Waals surface area contributed by atoms with Crippen molar-refractivity contribution < 1.29 is 14.6 Å². The lowest BCUT2D eigenvalue weighted by atomic mass is 10.1. The van der Waals surface area contributed by atoms with Crippen molar-refractivity contribution in [3.05, 3.63) is 53.9 Å². The highest BCUT2D eigenvalue weighted by Gasteiger charge is 2.12. The summed E-state index contributed by atoms with van der Waals surface area (Å²) in [6.45, 7) is 1.20. The Kier molecular flexibility index (Phi) is 4.85. The number of hydrogen-bond donors (Lipinski definition) is 1. The van der Waals surface area contributed by atoms with Gasteiger partial charge in [-0.25, -0.2) is 4.68 Å². The number of ether oxygens (including phenoxy) is 2. The quantitative estimate of drug-likeness (QED) is 0.724. The normalized spacial score (nSPS) is 11.0. The molecule has 1 aromatic heterocycles. The number of aliphatic hydroxyl groups is 1. The predicted octanol–water partition coefficient (Wildman–Crippen LogP) is 2.15. The third-order valence-corrected chi connectivity index (χ3v) is 3.66. The first-order chi connectivity index (χ1) is 11.3. The van der Waals surface area contributed by atoms with Crippen molar-refractivity contribution in [1.29, 1.82) is 0 Å². The Hall–Kier alpha value is -2.44. The molecule has 120 valence electrons. The second kappa shape index (κ2) is 7.21. The van der Waals surface area contributed by atoms with Crippen LogP contribution in [-0.4, -0.2) is 33.8 Å². The molecule has 1 heterocycles. The Bertz CT molecular complexity index is 780. The molecule has 3 aromatic rings. The summed E-state index contributed by atoms with van der Waals surface area (Å²) in [6, 6.07) is 14.1. The van der Waals surface area contributed by atoms with Gasteiger partial charge in [-0.05, 0) is 11.5 Å². The Labute approximate surface area is 134 Å². The molecule has 0 fully saturated rings. The van der Waals surface area contributed by atoms with Crippen LogP contribution in [0.25, 0.3) is 10.8 Å². The number of hydrogen-bond acceptors (Lipinski definition) is 5. The van der Waals surface area contributed by atoms with Crippen LogP contribution in [0.15, 0.2) is 42.5 Å². The molecule has 23 heavy (non-hydrogen) atoms. The summed E-state index contributed by atoms with van der Waals surface area (Å²) in [5, 5.41) is 19.5. The number of rotatable bonds is 7. The van der Waals surface area contributed by atoms with E-state index < -0.39 is 0 Å². The first kappa shape index (κ1) is 15.5. The van der Waals surface area contributed by atoms with Gasteiger partial charge in [0.1, 0.15) is 18.1 Å². The van der Waals surface area contributed by atoms with E-state index in [0.717, 1.165) is 22.2 Å². The van der Waals surface area contributed by atoms with Gasteiger partial charge in [0, 0.05) is 12.5 Å². The molecule has 0 atom stereocenters.